The van der Waals surface area contributed by atoms with Crippen molar-refractivity contribution in [2.24, 2.45) is 17.9 Å². The van der Waals surface area contributed by atoms with Gasteiger partial charge in [0.15, 0.2) is 11.0 Å². The van der Waals surface area contributed by atoms with Gasteiger partial charge in [-0.3, -0.25) is 0 Å². The minimum Gasteiger partial charge on any atom is -0.409 e. The van der Waals surface area contributed by atoms with Crippen LogP contribution < -0.4 is 5.73 Å². The fraction of sp³-hybridized carbons (Fsp3) is 0.182. The van der Waals surface area contributed by atoms with Crippen molar-refractivity contribution in [2.75, 3.05) is 0 Å². The van der Waals surface area contributed by atoms with E-state index < -0.39 is 5.82 Å². The maximum atomic E-state index is 13.9. The minimum absolute atomic E-state index is 0.134. The van der Waals surface area contributed by atoms with Crippen molar-refractivity contribution in [1.29, 1.82) is 0 Å². The predicted octanol–water partition coefficient (Wildman–Crippen LogP) is 1.51. The normalized spacial score (nSPS) is 11.8. The molecule has 0 aliphatic rings. The molecule has 8 heteroatoms. The van der Waals surface area contributed by atoms with E-state index in [1.54, 1.807) is 23.7 Å². The van der Waals surface area contributed by atoms with Gasteiger partial charge in [0.25, 0.3) is 0 Å². The number of amidine groups is 1. The molecular formula is C11H12FN5OS. The number of benzene rings is 1. The molecule has 100 valence electrons. The van der Waals surface area contributed by atoms with Crippen molar-refractivity contribution >= 4 is 17.6 Å². The van der Waals surface area contributed by atoms with Crippen molar-refractivity contribution in [1.82, 2.24) is 14.8 Å². The summed E-state index contributed by atoms with van der Waals surface area (Å²) in [6, 6.07) is 4.34. The van der Waals surface area contributed by atoms with E-state index in [-0.39, 0.29) is 5.84 Å². The van der Waals surface area contributed by atoms with Crippen molar-refractivity contribution in [3.8, 4) is 0 Å². The van der Waals surface area contributed by atoms with E-state index in [4.69, 9.17) is 10.9 Å². The molecule has 0 unspecified atom stereocenters. The second-order valence-corrected chi connectivity index (χ2v) is 4.83. The first-order valence-electron chi connectivity index (χ1n) is 5.34. The molecule has 0 saturated heterocycles. The topological polar surface area (TPSA) is 89.3 Å². The van der Waals surface area contributed by atoms with Crippen molar-refractivity contribution in [3.05, 3.63) is 35.4 Å². The Kier molecular flexibility index (Phi) is 3.70. The molecule has 1 aromatic carbocycles. The van der Waals surface area contributed by atoms with Gasteiger partial charge >= 0.3 is 0 Å². The van der Waals surface area contributed by atoms with Crippen LogP contribution in [0.5, 0.6) is 0 Å². The van der Waals surface area contributed by atoms with Crippen LogP contribution in [-0.2, 0) is 7.05 Å². The highest BCUT2D eigenvalue weighted by Gasteiger charge is 2.12. The first-order chi connectivity index (χ1) is 9.02. The molecule has 0 aliphatic heterocycles. The summed E-state index contributed by atoms with van der Waals surface area (Å²) in [5.74, 6) is 0.149. The second-order valence-electron chi connectivity index (χ2n) is 3.82. The van der Waals surface area contributed by atoms with Crippen LogP contribution in [0, 0.1) is 12.7 Å². The van der Waals surface area contributed by atoms with Crippen molar-refractivity contribution in [2.45, 2.75) is 17.0 Å². The third-order valence-electron chi connectivity index (χ3n) is 2.59. The van der Waals surface area contributed by atoms with Crippen LogP contribution in [0.1, 0.15) is 11.4 Å². The summed E-state index contributed by atoms with van der Waals surface area (Å²) in [5.41, 5.74) is 5.71. The van der Waals surface area contributed by atoms with Gasteiger partial charge in [-0.1, -0.05) is 5.16 Å². The van der Waals surface area contributed by atoms with Gasteiger partial charge in [-0.25, -0.2) is 4.39 Å². The molecule has 0 saturated carbocycles. The summed E-state index contributed by atoms with van der Waals surface area (Å²) in [6.45, 7) is 1.81. The van der Waals surface area contributed by atoms with Crippen LogP contribution in [0.25, 0.3) is 0 Å². The van der Waals surface area contributed by atoms with Crippen molar-refractivity contribution < 1.29 is 9.60 Å². The molecule has 0 spiro atoms. The van der Waals surface area contributed by atoms with E-state index in [9.17, 15) is 4.39 Å². The Morgan fingerprint density at radius 1 is 1.47 bits per heavy atom. The number of aryl methyl sites for hydroxylation is 1. The van der Waals surface area contributed by atoms with Crippen LogP contribution in [0.15, 0.2) is 33.4 Å². The van der Waals surface area contributed by atoms with Gasteiger partial charge in [0.05, 0.1) is 4.90 Å². The monoisotopic (exact) mass is 281 g/mol. The van der Waals surface area contributed by atoms with Gasteiger partial charge in [0.2, 0.25) is 0 Å². The fourth-order valence-corrected chi connectivity index (χ4v) is 2.22. The van der Waals surface area contributed by atoms with Gasteiger partial charge in [-0.15, -0.1) is 10.2 Å². The molecule has 2 aromatic rings. The van der Waals surface area contributed by atoms with Gasteiger partial charge in [-0.05, 0) is 36.9 Å². The molecule has 0 bridgehead atoms. The Bertz CT molecular complexity index is 640. The van der Waals surface area contributed by atoms with Crippen LogP contribution in [0.2, 0.25) is 0 Å². The van der Waals surface area contributed by atoms with E-state index in [1.807, 2.05) is 6.92 Å². The van der Waals surface area contributed by atoms with E-state index in [2.05, 4.69) is 15.4 Å². The average molecular weight is 281 g/mol. The average Bonchev–Trinajstić information content (AvgIpc) is 2.72. The summed E-state index contributed by atoms with van der Waals surface area (Å²) in [7, 11) is 1.81. The number of nitrogens with zero attached hydrogens (tertiary/aromatic N) is 4. The molecule has 0 radical (unpaired) electrons. The number of oxime groups is 1. The molecule has 1 aromatic heterocycles. The summed E-state index contributed by atoms with van der Waals surface area (Å²) in [5, 5.41) is 19.8. The smallest absolute Gasteiger partial charge is 0.195 e. The highest BCUT2D eigenvalue weighted by atomic mass is 32.2. The maximum absolute atomic E-state index is 13.9. The quantitative estimate of drug-likeness (QED) is 0.385. The van der Waals surface area contributed by atoms with Gasteiger partial charge < -0.3 is 15.5 Å². The predicted molar refractivity (Wildman–Crippen MR) is 68.8 cm³/mol. The summed E-state index contributed by atoms with van der Waals surface area (Å²) in [4.78, 5) is 0.394. The number of halogens is 1. The third kappa shape index (κ3) is 2.68. The summed E-state index contributed by atoms with van der Waals surface area (Å²) in [6.07, 6.45) is 0. The van der Waals surface area contributed by atoms with Crippen LogP contribution in [-0.4, -0.2) is 25.8 Å². The lowest BCUT2D eigenvalue weighted by Gasteiger charge is -2.05. The lowest BCUT2D eigenvalue weighted by atomic mass is 10.2. The lowest BCUT2D eigenvalue weighted by molar-refractivity contribution is 0.318. The van der Waals surface area contributed by atoms with Gasteiger partial charge in [0, 0.05) is 12.6 Å². The summed E-state index contributed by atoms with van der Waals surface area (Å²) >= 11 is 1.16. The zero-order valence-electron chi connectivity index (χ0n) is 10.3. The molecular weight excluding hydrogens is 269 g/mol. The Balaban J connectivity index is 2.30. The molecule has 3 N–H and O–H groups in total. The first-order valence-corrected chi connectivity index (χ1v) is 6.16. The zero-order chi connectivity index (χ0) is 14.0. The number of nitrogens with two attached hydrogens (primary N) is 1. The van der Waals surface area contributed by atoms with Gasteiger partial charge in [-0.2, -0.15) is 0 Å². The molecule has 0 aliphatic carbocycles. The first kappa shape index (κ1) is 13.3. The van der Waals surface area contributed by atoms with E-state index in [1.165, 1.54) is 6.07 Å². The second kappa shape index (κ2) is 5.27. The Labute approximate surface area is 113 Å². The number of hydrogen-bond acceptors (Lipinski definition) is 5. The highest BCUT2D eigenvalue weighted by Crippen LogP contribution is 2.28. The molecule has 1 heterocycles. The fourth-order valence-electron chi connectivity index (χ4n) is 1.38. The third-order valence-corrected chi connectivity index (χ3v) is 3.68. The van der Waals surface area contributed by atoms with Crippen LogP contribution in [0.4, 0.5) is 4.39 Å². The standard InChI is InChI=1S/C11H12FN5OS/c1-6-14-15-11(17(6)2)19-9-4-3-7(5-8(9)12)10(13)16-18/h3-5,18H,1-2H3,(H2,13,16). The lowest BCUT2D eigenvalue weighted by Crippen LogP contribution is -2.13. The number of rotatable bonds is 3. The Hall–Kier alpha value is -2.09. The minimum atomic E-state index is -0.463. The highest BCUT2D eigenvalue weighted by molar-refractivity contribution is 7.99. The Morgan fingerprint density at radius 3 is 2.74 bits per heavy atom. The molecule has 19 heavy (non-hydrogen) atoms. The SMILES string of the molecule is Cc1nnc(Sc2ccc(C(N)=NO)cc2F)n1C. The molecule has 2 rings (SSSR count). The Morgan fingerprint density at radius 2 is 2.21 bits per heavy atom. The van der Waals surface area contributed by atoms with E-state index in [0.29, 0.717) is 15.6 Å². The van der Waals surface area contributed by atoms with E-state index >= 15 is 0 Å². The summed E-state index contributed by atoms with van der Waals surface area (Å²) < 4.78 is 15.7. The number of aromatic nitrogens is 3. The molecule has 0 amide bonds. The van der Waals surface area contributed by atoms with E-state index in [0.717, 1.165) is 17.6 Å². The molecule has 0 fully saturated rings. The number of hydrogen-bond donors (Lipinski definition) is 2. The maximum Gasteiger partial charge on any atom is 0.195 e. The van der Waals surface area contributed by atoms with Crippen molar-refractivity contribution in [3.63, 3.8) is 0 Å². The van der Waals surface area contributed by atoms with Gasteiger partial charge in [0.1, 0.15) is 11.6 Å². The molecule has 6 nitrogen and oxygen atoms in total. The largest absolute Gasteiger partial charge is 0.409 e. The zero-order valence-corrected chi connectivity index (χ0v) is 11.1. The van der Waals surface area contributed by atoms with Crippen LogP contribution in [0.3, 0.4) is 0 Å². The van der Waals surface area contributed by atoms with Crippen LogP contribution >= 0.6 is 11.8 Å². The molecule has 0 atom stereocenters.